The number of carbonyl (C=O) groups excluding carboxylic acids is 1. The second-order valence-electron chi connectivity index (χ2n) is 5.79. The molecule has 5 nitrogen and oxygen atoms in total. The minimum atomic E-state index is -3.64. The summed E-state index contributed by atoms with van der Waals surface area (Å²) >= 11 is 0. The summed E-state index contributed by atoms with van der Waals surface area (Å²) < 4.78 is 26.9. The van der Waals surface area contributed by atoms with Crippen LogP contribution in [0.1, 0.15) is 38.2 Å². The second kappa shape index (κ2) is 7.24. The number of amides is 1. The smallest absolute Gasteiger partial charge is 0.241 e. The molecular weight excluding hydrogens is 300 g/mol. The van der Waals surface area contributed by atoms with E-state index >= 15 is 0 Å². The van der Waals surface area contributed by atoms with Crippen LogP contribution in [0, 0.1) is 6.92 Å². The van der Waals surface area contributed by atoms with Gasteiger partial charge < -0.3 is 4.90 Å². The van der Waals surface area contributed by atoms with Crippen LogP contribution < -0.4 is 4.72 Å². The summed E-state index contributed by atoms with van der Waals surface area (Å²) in [6, 6.07) is 6.91. The van der Waals surface area contributed by atoms with Crippen LogP contribution in [0.15, 0.2) is 29.2 Å². The van der Waals surface area contributed by atoms with Crippen LogP contribution in [-0.2, 0) is 14.8 Å². The zero-order valence-electron chi connectivity index (χ0n) is 13.2. The molecule has 1 aromatic carbocycles. The van der Waals surface area contributed by atoms with Gasteiger partial charge in [-0.1, -0.05) is 19.1 Å². The van der Waals surface area contributed by atoms with Crippen molar-refractivity contribution in [3.8, 4) is 0 Å². The molecule has 1 fully saturated rings. The van der Waals surface area contributed by atoms with Crippen LogP contribution in [0.4, 0.5) is 0 Å². The first-order chi connectivity index (χ1) is 10.4. The van der Waals surface area contributed by atoms with E-state index in [1.54, 1.807) is 12.1 Å². The van der Waals surface area contributed by atoms with Crippen molar-refractivity contribution in [2.45, 2.75) is 50.5 Å². The van der Waals surface area contributed by atoms with Crippen molar-refractivity contribution in [1.29, 1.82) is 0 Å². The van der Waals surface area contributed by atoms with Crippen LogP contribution in [0.3, 0.4) is 0 Å². The third-order valence-electron chi connectivity index (χ3n) is 4.13. The lowest BCUT2D eigenvalue weighted by molar-refractivity contribution is -0.133. The molecule has 0 saturated carbocycles. The predicted octanol–water partition coefficient (Wildman–Crippen LogP) is 2.06. The fraction of sp³-hybridized carbons (Fsp3) is 0.562. The second-order valence-corrected chi connectivity index (χ2v) is 7.55. The average Bonchev–Trinajstić information content (AvgIpc) is 2.52. The van der Waals surface area contributed by atoms with Gasteiger partial charge in [0.2, 0.25) is 15.9 Å². The predicted molar refractivity (Wildman–Crippen MR) is 86.0 cm³/mol. The Morgan fingerprint density at radius 1 is 1.36 bits per heavy atom. The van der Waals surface area contributed by atoms with Crippen molar-refractivity contribution < 1.29 is 13.2 Å². The largest absolute Gasteiger partial charge is 0.339 e. The molecule has 1 amide bonds. The topological polar surface area (TPSA) is 66.5 Å². The molecule has 1 unspecified atom stereocenters. The normalized spacial score (nSPS) is 19.2. The summed E-state index contributed by atoms with van der Waals surface area (Å²) in [6.45, 7) is 4.45. The Balaban J connectivity index is 2.00. The van der Waals surface area contributed by atoms with E-state index in [9.17, 15) is 13.2 Å². The van der Waals surface area contributed by atoms with Gasteiger partial charge in [0.25, 0.3) is 0 Å². The van der Waals surface area contributed by atoms with Crippen molar-refractivity contribution in [2.75, 3.05) is 13.1 Å². The van der Waals surface area contributed by atoms with E-state index in [0.717, 1.165) is 37.8 Å². The number of piperidine rings is 1. The maximum absolute atomic E-state index is 12.3. The van der Waals surface area contributed by atoms with E-state index in [-0.39, 0.29) is 23.4 Å². The average molecular weight is 324 g/mol. The number of carbonyl (C=O) groups is 1. The van der Waals surface area contributed by atoms with E-state index in [1.165, 1.54) is 6.07 Å². The number of hydrogen-bond acceptors (Lipinski definition) is 3. The van der Waals surface area contributed by atoms with Gasteiger partial charge in [0, 0.05) is 12.6 Å². The summed E-state index contributed by atoms with van der Waals surface area (Å²) in [5.74, 6) is -0.136. The molecule has 1 atom stereocenters. The maximum Gasteiger partial charge on any atom is 0.241 e. The van der Waals surface area contributed by atoms with Gasteiger partial charge in [-0.05, 0) is 50.3 Å². The molecule has 1 heterocycles. The number of hydrogen-bond donors (Lipinski definition) is 1. The number of rotatable bonds is 5. The fourth-order valence-electron chi connectivity index (χ4n) is 2.88. The number of nitrogens with one attached hydrogen (secondary N) is 1. The van der Waals surface area contributed by atoms with Gasteiger partial charge in [-0.25, -0.2) is 13.1 Å². The van der Waals surface area contributed by atoms with Crippen molar-refractivity contribution in [3.05, 3.63) is 29.8 Å². The Morgan fingerprint density at radius 2 is 2.14 bits per heavy atom. The molecule has 22 heavy (non-hydrogen) atoms. The van der Waals surface area contributed by atoms with Gasteiger partial charge in [-0.2, -0.15) is 0 Å². The Labute approximate surface area is 132 Å². The first kappa shape index (κ1) is 17.0. The van der Waals surface area contributed by atoms with Gasteiger partial charge in [0.1, 0.15) is 0 Å². The Hall–Kier alpha value is -1.40. The minimum absolute atomic E-state index is 0.136. The van der Waals surface area contributed by atoms with Crippen LogP contribution in [0.5, 0.6) is 0 Å². The Morgan fingerprint density at radius 3 is 2.82 bits per heavy atom. The summed E-state index contributed by atoms with van der Waals surface area (Å²) in [6.07, 6.45) is 4.05. The summed E-state index contributed by atoms with van der Waals surface area (Å²) in [4.78, 5) is 14.3. The van der Waals surface area contributed by atoms with Crippen LogP contribution in [0.25, 0.3) is 0 Å². The van der Waals surface area contributed by atoms with Crippen LogP contribution in [0.2, 0.25) is 0 Å². The lowest BCUT2D eigenvalue weighted by Crippen LogP contribution is -2.47. The SMILES string of the molecule is CCC1CCCCN1C(=O)CNS(=O)(=O)c1cccc(C)c1. The van der Waals surface area contributed by atoms with Gasteiger partial charge in [-0.3, -0.25) is 4.79 Å². The summed E-state index contributed by atoms with van der Waals surface area (Å²) in [7, 11) is -3.64. The molecule has 1 aliphatic rings. The van der Waals surface area contributed by atoms with E-state index < -0.39 is 10.0 Å². The molecule has 1 aromatic rings. The number of aryl methyl sites for hydroxylation is 1. The number of nitrogens with zero attached hydrogens (tertiary/aromatic N) is 1. The minimum Gasteiger partial charge on any atom is -0.339 e. The van der Waals surface area contributed by atoms with Crippen molar-refractivity contribution in [1.82, 2.24) is 9.62 Å². The number of benzene rings is 1. The molecule has 1 N–H and O–H groups in total. The van der Waals surface area contributed by atoms with Gasteiger partial charge >= 0.3 is 0 Å². The highest BCUT2D eigenvalue weighted by Gasteiger charge is 2.26. The lowest BCUT2D eigenvalue weighted by atomic mass is 10.00. The molecule has 0 spiro atoms. The van der Waals surface area contributed by atoms with E-state index in [0.29, 0.717) is 0 Å². The molecular formula is C16H24N2O3S. The highest BCUT2D eigenvalue weighted by Crippen LogP contribution is 2.19. The molecule has 0 radical (unpaired) electrons. The Bertz CT molecular complexity index is 628. The monoisotopic (exact) mass is 324 g/mol. The summed E-state index contributed by atoms with van der Waals surface area (Å²) in [5, 5.41) is 0. The van der Waals surface area contributed by atoms with Crippen molar-refractivity contribution in [3.63, 3.8) is 0 Å². The van der Waals surface area contributed by atoms with Gasteiger partial charge in [0.15, 0.2) is 0 Å². The van der Waals surface area contributed by atoms with Crippen LogP contribution >= 0.6 is 0 Å². The molecule has 0 aromatic heterocycles. The quantitative estimate of drug-likeness (QED) is 0.901. The van der Waals surface area contributed by atoms with E-state index in [2.05, 4.69) is 11.6 Å². The first-order valence-electron chi connectivity index (χ1n) is 7.80. The zero-order valence-corrected chi connectivity index (χ0v) is 14.0. The summed E-state index contributed by atoms with van der Waals surface area (Å²) in [5.41, 5.74) is 0.872. The molecule has 1 saturated heterocycles. The molecule has 1 aliphatic heterocycles. The Kier molecular flexibility index (Phi) is 5.58. The van der Waals surface area contributed by atoms with Crippen LogP contribution in [-0.4, -0.2) is 38.4 Å². The third-order valence-corrected chi connectivity index (χ3v) is 5.53. The van der Waals surface area contributed by atoms with Crippen molar-refractivity contribution in [2.24, 2.45) is 0 Å². The number of sulfonamides is 1. The van der Waals surface area contributed by atoms with Crippen molar-refractivity contribution >= 4 is 15.9 Å². The van der Waals surface area contributed by atoms with E-state index in [1.807, 2.05) is 17.9 Å². The van der Waals surface area contributed by atoms with E-state index in [4.69, 9.17) is 0 Å². The third kappa shape index (κ3) is 4.08. The number of likely N-dealkylation sites (tertiary alicyclic amines) is 1. The molecule has 2 rings (SSSR count). The molecule has 0 bridgehead atoms. The standard InChI is InChI=1S/C16H24N2O3S/c1-3-14-8-4-5-10-18(14)16(19)12-17-22(20,21)15-9-6-7-13(2)11-15/h6-7,9,11,14,17H,3-5,8,10,12H2,1-2H3. The maximum atomic E-state index is 12.3. The molecule has 0 aliphatic carbocycles. The fourth-order valence-corrected chi connectivity index (χ4v) is 3.96. The first-order valence-corrected chi connectivity index (χ1v) is 9.28. The molecule has 122 valence electrons. The highest BCUT2D eigenvalue weighted by atomic mass is 32.2. The van der Waals surface area contributed by atoms with Gasteiger partial charge in [0.05, 0.1) is 11.4 Å². The van der Waals surface area contributed by atoms with Gasteiger partial charge in [-0.15, -0.1) is 0 Å². The highest BCUT2D eigenvalue weighted by molar-refractivity contribution is 7.89. The zero-order chi connectivity index (χ0) is 16.2. The molecule has 6 heteroatoms. The lowest BCUT2D eigenvalue weighted by Gasteiger charge is -2.35.